The fraction of sp³-hybridized carbons (Fsp3) is 0.333. The van der Waals surface area contributed by atoms with E-state index < -0.39 is 11.2 Å². The third-order valence-electron chi connectivity index (χ3n) is 5.57. The van der Waals surface area contributed by atoms with Gasteiger partial charge in [0, 0.05) is 39.9 Å². The molecule has 1 atom stereocenters. The van der Waals surface area contributed by atoms with Gasteiger partial charge in [-0.3, -0.25) is 18.7 Å². The van der Waals surface area contributed by atoms with Gasteiger partial charge in [-0.2, -0.15) is 0 Å². The maximum Gasteiger partial charge on any atom is 0.332 e. The Morgan fingerprint density at radius 1 is 1.03 bits per heavy atom. The molecule has 0 saturated carbocycles. The van der Waals surface area contributed by atoms with Gasteiger partial charge < -0.3 is 9.80 Å². The van der Waals surface area contributed by atoms with Gasteiger partial charge >= 0.3 is 5.69 Å². The molecular weight excluding hydrogens is 370 g/mol. The predicted molar refractivity (Wildman–Crippen MR) is 110 cm³/mol. The lowest BCUT2D eigenvalue weighted by Gasteiger charge is -2.40. The van der Waals surface area contributed by atoms with Crippen molar-refractivity contribution in [2.75, 3.05) is 26.7 Å². The Hall–Kier alpha value is -3.26. The number of piperazine rings is 1. The molecule has 29 heavy (non-hydrogen) atoms. The number of amides is 1. The summed E-state index contributed by atoms with van der Waals surface area (Å²) >= 11 is 0. The number of benzene rings is 1. The molecule has 1 fully saturated rings. The maximum absolute atomic E-state index is 13.4. The molecule has 1 aliphatic heterocycles. The van der Waals surface area contributed by atoms with Crippen LogP contribution in [0.2, 0.25) is 0 Å². The zero-order chi connectivity index (χ0) is 20.7. The molecular formula is C21H23N5O3. The highest BCUT2D eigenvalue weighted by atomic mass is 16.2. The van der Waals surface area contributed by atoms with E-state index in [9.17, 15) is 14.4 Å². The van der Waals surface area contributed by atoms with Gasteiger partial charge in [0.15, 0.2) is 0 Å². The predicted octanol–water partition coefficient (Wildman–Crippen LogP) is 0.761. The number of rotatable bonds is 2. The summed E-state index contributed by atoms with van der Waals surface area (Å²) in [4.78, 5) is 46.3. The van der Waals surface area contributed by atoms with Crippen LogP contribution in [0.25, 0.3) is 11.0 Å². The highest BCUT2D eigenvalue weighted by Gasteiger charge is 2.31. The fourth-order valence-corrected chi connectivity index (χ4v) is 3.87. The summed E-state index contributed by atoms with van der Waals surface area (Å²) in [6.45, 7) is 2.08. The van der Waals surface area contributed by atoms with E-state index in [4.69, 9.17) is 0 Å². The molecule has 0 N–H and O–H groups in total. The largest absolute Gasteiger partial charge is 0.332 e. The Balaban J connectivity index is 1.78. The number of likely N-dealkylation sites (N-methyl/N-ethyl adjacent to an activating group) is 1. The number of carbonyl (C=O) groups excluding carboxylic acids is 1. The molecule has 4 rings (SSSR count). The van der Waals surface area contributed by atoms with Crippen molar-refractivity contribution >= 4 is 16.9 Å². The van der Waals surface area contributed by atoms with E-state index in [1.54, 1.807) is 13.1 Å². The van der Waals surface area contributed by atoms with Crippen molar-refractivity contribution in [3.63, 3.8) is 0 Å². The second-order valence-corrected chi connectivity index (χ2v) is 7.49. The van der Waals surface area contributed by atoms with Gasteiger partial charge in [0.2, 0.25) is 0 Å². The molecule has 1 aromatic carbocycles. The molecule has 1 unspecified atom stereocenters. The number of nitrogens with zero attached hydrogens (tertiary/aromatic N) is 5. The minimum absolute atomic E-state index is 0.0823. The van der Waals surface area contributed by atoms with Gasteiger partial charge in [-0.15, -0.1) is 0 Å². The molecule has 3 heterocycles. The third kappa shape index (κ3) is 3.25. The van der Waals surface area contributed by atoms with Gasteiger partial charge in [0.25, 0.3) is 11.5 Å². The number of aromatic nitrogens is 3. The molecule has 150 valence electrons. The average Bonchev–Trinajstić information content (AvgIpc) is 2.76. The van der Waals surface area contributed by atoms with Crippen LogP contribution in [0.4, 0.5) is 0 Å². The summed E-state index contributed by atoms with van der Waals surface area (Å²) in [7, 11) is 5.02. The fourth-order valence-electron chi connectivity index (χ4n) is 3.87. The highest BCUT2D eigenvalue weighted by Crippen LogP contribution is 2.26. The zero-order valence-corrected chi connectivity index (χ0v) is 16.7. The summed E-state index contributed by atoms with van der Waals surface area (Å²) in [6.07, 6.45) is 1.45. The van der Waals surface area contributed by atoms with Crippen molar-refractivity contribution in [3.8, 4) is 0 Å². The summed E-state index contributed by atoms with van der Waals surface area (Å²) in [5.74, 6) is -0.169. The normalized spacial score (nSPS) is 17.6. The van der Waals surface area contributed by atoms with Gasteiger partial charge in [0.1, 0.15) is 5.65 Å². The van der Waals surface area contributed by atoms with E-state index >= 15 is 0 Å². The second-order valence-electron chi connectivity index (χ2n) is 7.49. The van der Waals surface area contributed by atoms with Crippen LogP contribution >= 0.6 is 0 Å². The molecule has 0 aliphatic carbocycles. The lowest BCUT2D eigenvalue weighted by Crippen LogP contribution is -2.49. The number of aryl methyl sites for hydroxylation is 1. The van der Waals surface area contributed by atoms with Crippen molar-refractivity contribution in [1.29, 1.82) is 0 Å². The molecule has 3 aromatic rings. The van der Waals surface area contributed by atoms with Crippen LogP contribution < -0.4 is 11.2 Å². The maximum atomic E-state index is 13.4. The van der Waals surface area contributed by atoms with E-state index in [0.717, 1.165) is 23.2 Å². The molecule has 1 amide bonds. The highest BCUT2D eigenvalue weighted by molar-refractivity contribution is 5.97. The van der Waals surface area contributed by atoms with Gasteiger partial charge in [-0.25, -0.2) is 9.78 Å². The first-order chi connectivity index (χ1) is 13.9. The zero-order valence-electron chi connectivity index (χ0n) is 16.7. The van der Waals surface area contributed by atoms with Crippen LogP contribution in [0.15, 0.2) is 52.2 Å². The van der Waals surface area contributed by atoms with Gasteiger partial charge in [-0.05, 0) is 18.7 Å². The lowest BCUT2D eigenvalue weighted by atomic mass is 10.0. The van der Waals surface area contributed by atoms with Crippen molar-refractivity contribution in [2.24, 2.45) is 14.1 Å². The quantitative estimate of drug-likeness (QED) is 0.642. The van der Waals surface area contributed by atoms with E-state index in [1.165, 1.54) is 17.8 Å². The Labute approximate surface area is 167 Å². The van der Waals surface area contributed by atoms with E-state index in [-0.39, 0.29) is 23.0 Å². The van der Waals surface area contributed by atoms with E-state index in [0.29, 0.717) is 12.1 Å². The standard InChI is InChI=1S/C21H23N5O3/c1-23-9-10-26(17(13-23)14-7-5-4-6-8-14)19(27)15-11-16-18(22-12-15)24(2)21(29)25(3)20(16)28/h4-8,11-12,17H,9-10,13H2,1-3H3. The van der Waals surface area contributed by atoms with Crippen molar-refractivity contribution in [2.45, 2.75) is 6.04 Å². The summed E-state index contributed by atoms with van der Waals surface area (Å²) in [5.41, 5.74) is 0.784. The average molecular weight is 393 g/mol. The Kier molecular flexibility index (Phi) is 4.79. The van der Waals surface area contributed by atoms with Crippen molar-refractivity contribution in [3.05, 3.63) is 74.6 Å². The van der Waals surface area contributed by atoms with Gasteiger partial charge in [-0.1, -0.05) is 30.3 Å². The number of hydrogen-bond acceptors (Lipinski definition) is 5. The lowest BCUT2D eigenvalue weighted by molar-refractivity contribution is 0.0498. The number of fused-ring (bicyclic) bond motifs is 1. The molecule has 8 nitrogen and oxygen atoms in total. The van der Waals surface area contributed by atoms with Crippen LogP contribution in [-0.2, 0) is 14.1 Å². The molecule has 1 aliphatic rings. The Morgan fingerprint density at radius 2 is 1.76 bits per heavy atom. The SMILES string of the molecule is CN1CCN(C(=O)c2cnc3c(c2)c(=O)n(C)c(=O)n3C)C(c2ccccc2)C1. The monoisotopic (exact) mass is 393 g/mol. The molecule has 0 radical (unpaired) electrons. The topological polar surface area (TPSA) is 80.4 Å². The Morgan fingerprint density at radius 3 is 2.48 bits per heavy atom. The molecule has 8 heteroatoms. The summed E-state index contributed by atoms with van der Waals surface area (Å²) in [6, 6.07) is 11.4. The minimum Gasteiger partial charge on any atom is -0.329 e. The van der Waals surface area contributed by atoms with Crippen LogP contribution in [0.3, 0.4) is 0 Å². The van der Waals surface area contributed by atoms with Crippen LogP contribution in [-0.4, -0.2) is 56.5 Å². The van der Waals surface area contributed by atoms with E-state index in [1.807, 2.05) is 42.3 Å². The first-order valence-electron chi connectivity index (χ1n) is 9.48. The molecule has 0 bridgehead atoms. The number of carbonyl (C=O) groups is 1. The smallest absolute Gasteiger partial charge is 0.329 e. The molecule has 1 saturated heterocycles. The van der Waals surface area contributed by atoms with Crippen LogP contribution in [0.1, 0.15) is 22.0 Å². The molecule has 0 spiro atoms. The number of hydrogen-bond donors (Lipinski definition) is 0. The van der Waals surface area contributed by atoms with Crippen molar-refractivity contribution < 1.29 is 4.79 Å². The first kappa shape index (κ1) is 19.1. The number of pyridine rings is 1. The van der Waals surface area contributed by atoms with Crippen LogP contribution in [0.5, 0.6) is 0 Å². The summed E-state index contributed by atoms with van der Waals surface area (Å²) in [5, 5.41) is 0.255. The Bertz CT molecular complexity index is 1200. The second kappa shape index (κ2) is 7.29. The van der Waals surface area contributed by atoms with Crippen LogP contribution in [0, 0.1) is 0 Å². The van der Waals surface area contributed by atoms with Crippen molar-refractivity contribution in [1.82, 2.24) is 23.9 Å². The third-order valence-corrected chi connectivity index (χ3v) is 5.57. The van der Waals surface area contributed by atoms with Gasteiger partial charge in [0.05, 0.1) is 17.0 Å². The first-order valence-corrected chi connectivity index (χ1v) is 9.48. The molecule has 2 aromatic heterocycles. The van der Waals surface area contributed by atoms with E-state index in [2.05, 4.69) is 9.88 Å². The summed E-state index contributed by atoms with van der Waals surface area (Å²) < 4.78 is 2.34. The minimum atomic E-state index is -0.455.